The van der Waals surface area contributed by atoms with Crippen LogP contribution < -0.4 is 9.64 Å². The molecule has 3 aromatic rings. The molecule has 0 unspecified atom stereocenters. The largest absolute Gasteiger partial charge is 0.492 e. The minimum atomic E-state index is -3.63. The molecule has 0 atom stereocenters. The van der Waals surface area contributed by atoms with Crippen LogP contribution in [0.4, 0.5) is 5.13 Å². The lowest BCUT2D eigenvalue weighted by Crippen LogP contribution is -2.39. The van der Waals surface area contributed by atoms with Crippen molar-refractivity contribution in [1.82, 2.24) is 14.2 Å². The summed E-state index contributed by atoms with van der Waals surface area (Å²) in [6, 6.07) is 12.1. The standard InChI is InChI=1S/C29H40N4O5S2/c1-4-15-32(16-5-2)40(35,36)24-13-11-23(12-14-24)28(34)33(18-8-17-31-19-21-37-22-20-31)29-30-27-25(38-6-3)9-7-10-26(27)39-29/h7,9-14H,4-6,8,15-22H2,1-3H3. The fraction of sp³-hybridized carbons (Fsp3) is 0.517. The summed E-state index contributed by atoms with van der Waals surface area (Å²) < 4.78 is 40.1. The highest BCUT2D eigenvalue weighted by Gasteiger charge is 2.26. The predicted molar refractivity (Wildman–Crippen MR) is 160 cm³/mol. The molecular formula is C29H40N4O5S2. The molecule has 1 saturated heterocycles. The van der Waals surface area contributed by atoms with Gasteiger partial charge in [0.25, 0.3) is 5.91 Å². The number of aromatic nitrogens is 1. The van der Waals surface area contributed by atoms with Gasteiger partial charge in [-0.05, 0) is 62.6 Å². The monoisotopic (exact) mass is 588 g/mol. The molecule has 2 heterocycles. The first-order chi connectivity index (χ1) is 19.4. The fourth-order valence-corrected chi connectivity index (χ4v) is 7.42. The third-order valence-corrected chi connectivity index (χ3v) is 9.75. The molecule has 0 aliphatic carbocycles. The van der Waals surface area contributed by atoms with E-state index in [0.29, 0.717) is 42.7 Å². The number of carbonyl (C=O) groups excluding carboxylic acids is 1. The molecule has 40 heavy (non-hydrogen) atoms. The maximum atomic E-state index is 13.9. The van der Waals surface area contributed by atoms with Gasteiger partial charge >= 0.3 is 0 Å². The van der Waals surface area contributed by atoms with Crippen LogP contribution in [-0.4, -0.2) is 87.6 Å². The fourth-order valence-electron chi connectivity index (χ4n) is 4.79. The zero-order chi connectivity index (χ0) is 28.5. The number of anilines is 1. The molecule has 2 aromatic carbocycles. The van der Waals surface area contributed by atoms with Gasteiger partial charge in [0.15, 0.2) is 5.13 Å². The Labute approximate surface area is 241 Å². The summed E-state index contributed by atoms with van der Waals surface area (Å²) in [5, 5.41) is 0.600. The maximum Gasteiger partial charge on any atom is 0.260 e. The summed E-state index contributed by atoms with van der Waals surface area (Å²) in [4.78, 5) is 23.0. The Bertz CT molecular complexity index is 1350. The Hall–Kier alpha value is -2.57. The Kier molecular flexibility index (Phi) is 10.9. The van der Waals surface area contributed by atoms with E-state index in [9.17, 15) is 13.2 Å². The van der Waals surface area contributed by atoms with Gasteiger partial charge in [0.05, 0.1) is 29.4 Å². The third-order valence-electron chi connectivity index (χ3n) is 6.79. The van der Waals surface area contributed by atoms with Gasteiger partial charge in [0, 0.05) is 44.8 Å². The van der Waals surface area contributed by atoms with Crippen LogP contribution in [0, 0.1) is 0 Å². The summed E-state index contributed by atoms with van der Waals surface area (Å²) in [6.07, 6.45) is 2.25. The first kappa shape index (κ1) is 30.4. The Balaban J connectivity index is 1.60. The van der Waals surface area contributed by atoms with Gasteiger partial charge in [-0.25, -0.2) is 13.4 Å². The number of ether oxygens (including phenoxy) is 2. The molecule has 0 N–H and O–H groups in total. The molecule has 9 nitrogen and oxygen atoms in total. The number of fused-ring (bicyclic) bond motifs is 1. The molecule has 4 rings (SSSR count). The van der Waals surface area contributed by atoms with Crippen molar-refractivity contribution in [2.24, 2.45) is 0 Å². The van der Waals surface area contributed by atoms with Crippen LogP contribution in [0.3, 0.4) is 0 Å². The number of thiazole rings is 1. The molecule has 0 bridgehead atoms. The van der Waals surface area contributed by atoms with E-state index in [2.05, 4.69) is 4.90 Å². The number of nitrogens with zero attached hydrogens (tertiary/aromatic N) is 4. The minimum absolute atomic E-state index is 0.200. The van der Waals surface area contributed by atoms with Gasteiger partial charge in [0.2, 0.25) is 10.0 Å². The third kappa shape index (κ3) is 7.19. The lowest BCUT2D eigenvalue weighted by Gasteiger charge is -2.27. The molecule has 1 fully saturated rings. The average Bonchev–Trinajstić information content (AvgIpc) is 3.41. The Morgan fingerprint density at radius 2 is 1.73 bits per heavy atom. The topological polar surface area (TPSA) is 92.3 Å². The van der Waals surface area contributed by atoms with Crippen molar-refractivity contribution in [1.29, 1.82) is 0 Å². The van der Waals surface area contributed by atoms with Crippen molar-refractivity contribution in [3.05, 3.63) is 48.0 Å². The van der Waals surface area contributed by atoms with E-state index in [1.807, 2.05) is 39.0 Å². The summed E-state index contributed by atoms with van der Waals surface area (Å²) in [5.74, 6) is 0.489. The molecule has 1 amide bonds. The zero-order valence-electron chi connectivity index (χ0n) is 23.7. The highest BCUT2D eigenvalue weighted by atomic mass is 32.2. The van der Waals surface area contributed by atoms with E-state index in [1.54, 1.807) is 29.2 Å². The lowest BCUT2D eigenvalue weighted by molar-refractivity contribution is 0.0376. The van der Waals surface area contributed by atoms with Crippen molar-refractivity contribution in [3.8, 4) is 5.75 Å². The van der Waals surface area contributed by atoms with E-state index in [-0.39, 0.29) is 10.8 Å². The molecule has 11 heteroatoms. The smallest absolute Gasteiger partial charge is 0.260 e. The summed E-state index contributed by atoms with van der Waals surface area (Å²) in [6.45, 7) is 11.9. The number of morpholine rings is 1. The first-order valence-electron chi connectivity index (χ1n) is 14.1. The van der Waals surface area contributed by atoms with Crippen LogP contribution in [0.15, 0.2) is 47.4 Å². The Morgan fingerprint density at radius 3 is 2.38 bits per heavy atom. The van der Waals surface area contributed by atoms with Crippen LogP contribution in [0.2, 0.25) is 0 Å². The van der Waals surface area contributed by atoms with E-state index < -0.39 is 10.0 Å². The summed E-state index contributed by atoms with van der Waals surface area (Å²) in [5.41, 5.74) is 1.16. The van der Waals surface area contributed by atoms with Crippen molar-refractivity contribution in [3.63, 3.8) is 0 Å². The number of hydrogen-bond donors (Lipinski definition) is 0. The van der Waals surface area contributed by atoms with E-state index >= 15 is 0 Å². The second-order valence-electron chi connectivity index (χ2n) is 9.73. The molecule has 1 aliphatic rings. The number of rotatable bonds is 14. The second-order valence-corrected chi connectivity index (χ2v) is 12.7. The second kappa shape index (κ2) is 14.4. The van der Waals surface area contributed by atoms with Crippen LogP contribution in [0.5, 0.6) is 5.75 Å². The molecule has 0 spiro atoms. The van der Waals surface area contributed by atoms with E-state index in [1.165, 1.54) is 15.6 Å². The molecule has 218 valence electrons. The molecule has 0 radical (unpaired) electrons. The van der Waals surface area contributed by atoms with Crippen LogP contribution in [-0.2, 0) is 14.8 Å². The predicted octanol–water partition coefficient (Wildman–Crippen LogP) is 4.87. The van der Waals surface area contributed by atoms with Crippen LogP contribution in [0.1, 0.15) is 50.4 Å². The minimum Gasteiger partial charge on any atom is -0.492 e. The van der Waals surface area contributed by atoms with Crippen LogP contribution >= 0.6 is 11.3 Å². The van der Waals surface area contributed by atoms with Crippen LogP contribution in [0.25, 0.3) is 10.2 Å². The number of para-hydroxylation sites is 1. The van der Waals surface area contributed by atoms with E-state index in [0.717, 1.165) is 62.3 Å². The number of benzene rings is 2. The van der Waals surface area contributed by atoms with Gasteiger partial charge in [-0.2, -0.15) is 4.31 Å². The summed E-state index contributed by atoms with van der Waals surface area (Å²) >= 11 is 1.45. The van der Waals surface area contributed by atoms with Gasteiger partial charge in [-0.15, -0.1) is 0 Å². The number of amides is 1. The van der Waals surface area contributed by atoms with Gasteiger partial charge in [-0.1, -0.05) is 31.3 Å². The van der Waals surface area contributed by atoms with Crippen molar-refractivity contribution in [2.45, 2.75) is 44.9 Å². The van der Waals surface area contributed by atoms with Crippen molar-refractivity contribution < 1.29 is 22.7 Å². The average molecular weight is 589 g/mol. The quantitative estimate of drug-likeness (QED) is 0.265. The van der Waals surface area contributed by atoms with Crippen molar-refractivity contribution >= 4 is 42.6 Å². The number of hydrogen-bond acceptors (Lipinski definition) is 8. The van der Waals surface area contributed by atoms with Gasteiger partial charge in [0.1, 0.15) is 11.3 Å². The van der Waals surface area contributed by atoms with Crippen molar-refractivity contribution in [2.75, 3.05) is 64.0 Å². The van der Waals surface area contributed by atoms with Gasteiger partial charge < -0.3 is 9.47 Å². The zero-order valence-corrected chi connectivity index (χ0v) is 25.3. The molecule has 0 saturated carbocycles. The Morgan fingerprint density at radius 1 is 1.02 bits per heavy atom. The number of carbonyl (C=O) groups is 1. The molecule has 1 aliphatic heterocycles. The maximum absolute atomic E-state index is 13.9. The SMILES string of the molecule is CCCN(CCC)S(=O)(=O)c1ccc(C(=O)N(CCCN2CCOCC2)c2nc3c(OCC)cccc3s2)cc1. The number of sulfonamides is 1. The normalized spacial score (nSPS) is 14.6. The van der Waals surface area contributed by atoms with E-state index in [4.69, 9.17) is 14.5 Å². The van der Waals surface area contributed by atoms with Gasteiger partial charge in [-0.3, -0.25) is 14.6 Å². The first-order valence-corrected chi connectivity index (χ1v) is 16.4. The highest BCUT2D eigenvalue weighted by molar-refractivity contribution is 7.89. The lowest BCUT2D eigenvalue weighted by atomic mass is 10.2. The molecular weight excluding hydrogens is 548 g/mol. The summed E-state index contributed by atoms with van der Waals surface area (Å²) in [7, 11) is -3.63. The highest BCUT2D eigenvalue weighted by Crippen LogP contribution is 2.35. The molecule has 1 aromatic heterocycles.